The number of nitrogens with zero attached hydrogens (tertiary/aromatic N) is 1. The molecule has 0 aliphatic carbocycles. The third kappa shape index (κ3) is 2.61. The molecule has 3 nitrogen and oxygen atoms in total. The van der Waals surface area contributed by atoms with Gasteiger partial charge in [-0.1, -0.05) is 35.9 Å². The summed E-state index contributed by atoms with van der Waals surface area (Å²) in [5.41, 5.74) is 2.34. The normalized spacial score (nSPS) is 16.3. The molecule has 4 heteroatoms. The highest BCUT2D eigenvalue weighted by Crippen LogP contribution is 2.35. The zero-order chi connectivity index (χ0) is 15.0. The first kappa shape index (κ1) is 14.0. The maximum atomic E-state index is 12.7. The van der Waals surface area contributed by atoms with Crippen LogP contribution in [0.1, 0.15) is 19.4 Å². The maximum absolute atomic E-state index is 12.7. The van der Waals surface area contributed by atoms with Gasteiger partial charge in [0, 0.05) is 5.02 Å². The lowest BCUT2D eigenvalue weighted by Gasteiger charge is -2.40. The Morgan fingerprint density at radius 3 is 2.48 bits per heavy atom. The van der Waals surface area contributed by atoms with Crippen molar-refractivity contribution in [1.82, 2.24) is 0 Å². The van der Waals surface area contributed by atoms with Crippen molar-refractivity contribution < 1.29 is 4.79 Å². The minimum absolute atomic E-state index is 0.0659. The molecule has 1 N–H and O–H groups in total. The van der Waals surface area contributed by atoms with Crippen LogP contribution in [0.25, 0.3) is 0 Å². The molecule has 0 spiro atoms. The number of fused-ring (bicyclic) bond motifs is 1. The summed E-state index contributed by atoms with van der Waals surface area (Å²) in [5, 5.41) is 4.00. The predicted molar refractivity (Wildman–Crippen MR) is 86.8 cm³/mol. The largest absolute Gasteiger partial charge is 0.370 e. The summed E-state index contributed by atoms with van der Waals surface area (Å²) in [6, 6.07) is 15.5. The summed E-state index contributed by atoms with van der Waals surface area (Å²) in [4.78, 5) is 14.5. The van der Waals surface area contributed by atoms with Crippen molar-refractivity contribution in [3.8, 4) is 0 Å². The number of rotatable bonds is 2. The highest BCUT2D eigenvalue weighted by atomic mass is 35.5. The van der Waals surface area contributed by atoms with Crippen LogP contribution >= 0.6 is 11.6 Å². The van der Waals surface area contributed by atoms with Crippen molar-refractivity contribution in [3.05, 3.63) is 59.1 Å². The maximum Gasteiger partial charge on any atom is 0.252 e. The first-order chi connectivity index (χ1) is 9.97. The zero-order valence-electron chi connectivity index (χ0n) is 12.1. The Bertz CT molecular complexity index is 679. The van der Waals surface area contributed by atoms with Crippen molar-refractivity contribution in [2.45, 2.75) is 25.9 Å². The van der Waals surface area contributed by atoms with Gasteiger partial charge in [-0.3, -0.25) is 4.79 Å². The molecule has 1 heterocycles. The topological polar surface area (TPSA) is 32.3 Å². The van der Waals surface area contributed by atoms with Gasteiger partial charge >= 0.3 is 0 Å². The molecular formula is C17H17ClN2O. The standard InChI is InChI=1S/C17H17ClN2O/c1-17(2)16(21)20(11-12-7-9-13(18)10-8-12)15-6-4-3-5-14(15)19-17/h3-10,19H,11H2,1-2H3. The van der Waals surface area contributed by atoms with Crippen LogP contribution in [0.2, 0.25) is 5.02 Å². The molecule has 1 aliphatic rings. The monoisotopic (exact) mass is 300 g/mol. The Hall–Kier alpha value is -2.00. The second-order valence-electron chi connectivity index (χ2n) is 5.78. The predicted octanol–water partition coefficient (Wildman–Crippen LogP) is 4.08. The van der Waals surface area contributed by atoms with E-state index in [4.69, 9.17) is 11.6 Å². The van der Waals surface area contributed by atoms with Crippen LogP contribution in [0.15, 0.2) is 48.5 Å². The summed E-state index contributed by atoms with van der Waals surface area (Å²) in [5.74, 6) is 0.0659. The number of amides is 1. The van der Waals surface area contributed by atoms with E-state index in [2.05, 4.69) is 5.32 Å². The number of halogens is 1. The van der Waals surface area contributed by atoms with E-state index in [1.54, 1.807) is 0 Å². The molecule has 3 rings (SSSR count). The van der Waals surface area contributed by atoms with E-state index >= 15 is 0 Å². The molecule has 0 bridgehead atoms. The summed E-state index contributed by atoms with van der Waals surface area (Å²) in [6.45, 7) is 4.35. The smallest absolute Gasteiger partial charge is 0.252 e. The summed E-state index contributed by atoms with van der Waals surface area (Å²) < 4.78 is 0. The fourth-order valence-electron chi connectivity index (χ4n) is 2.58. The summed E-state index contributed by atoms with van der Waals surface area (Å²) >= 11 is 5.92. The molecule has 2 aromatic carbocycles. The number of nitrogens with one attached hydrogen (secondary N) is 1. The number of carbonyl (C=O) groups is 1. The fraction of sp³-hybridized carbons (Fsp3) is 0.235. The molecule has 0 radical (unpaired) electrons. The highest BCUT2D eigenvalue weighted by Gasteiger charge is 2.38. The quantitative estimate of drug-likeness (QED) is 0.906. The average molecular weight is 301 g/mol. The van der Waals surface area contributed by atoms with Crippen molar-refractivity contribution in [3.63, 3.8) is 0 Å². The zero-order valence-corrected chi connectivity index (χ0v) is 12.8. The molecule has 0 atom stereocenters. The van der Waals surface area contributed by atoms with Crippen LogP contribution in [0.5, 0.6) is 0 Å². The molecule has 0 aromatic heterocycles. The van der Waals surface area contributed by atoms with Crippen LogP contribution in [-0.4, -0.2) is 11.4 Å². The van der Waals surface area contributed by atoms with E-state index < -0.39 is 5.54 Å². The number of hydrogen-bond acceptors (Lipinski definition) is 2. The first-order valence-corrected chi connectivity index (χ1v) is 7.29. The van der Waals surface area contributed by atoms with E-state index in [9.17, 15) is 4.79 Å². The number of anilines is 2. The van der Waals surface area contributed by atoms with E-state index in [1.165, 1.54) is 0 Å². The Morgan fingerprint density at radius 1 is 1.10 bits per heavy atom. The van der Waals surface area contributed by atoms with E-state index in [1.807, 2.05) is 67.3 Å². The minimum atomic E-state index is -0.610. The molecule has 2 aromatic rings. The number of hydrogen-bond donors (Lipinski definition) is 1. The van der Waals surface area contributed by atoms with E-state index in [0.29, 0.717) is 11.6 Å². The fourth-order valence-corrected chi connectivity index (χ4v) is 2.71. The Balaban J connectivity index is 1.99. The summed E-state index contributed by atoms with van der Waals surface area (Å²) in [7, 11) is 0. The van der Waals surface area contributed by atoms with Crippen molar-refractivity contribution >= 4 is 28.9 Å². The molecule has 0 saturated carbocycles. The molecule has 108 valence electrons. The molecule has 0 unspecified atom stereocenters. The molecule has 1 aliphatic heterocycles. The Labute approximate surface area is 129 Å². The molecule has 1 amide bonds. The van der Waals surface area contributed by atoms with E-state index in [-0.39, 0.29) is 5.91 Å². The van der Waals surface area contributed by atoms with Gasteiger partial charge in [-0.15, -0.1) is 0 Å². The van der Waals surface area contributed by atoms with E-state index in [0.717, 1.165) is 16.9 Å². The van der Waals surface area contributed by atoms with Gasteiger partial charge in [-0.2, -0.15) is 0 Å². The number of carbonyl (C=O) groups excluding carboxylic acids is 1. The van der Waals surface area contributed by atoms with Gasteiger partial charge in [0.05, 0.1) is 17.9 Å². The van der Waals surface area contributed by atoms with Crippen LogP contribution in [0.4, 0.5) is 11.4 Å². The van der Waals surface area contributed by atoms with Gasteiger partial charge in [0.25, 0.3) is 5.91 Å². The number of benzene rings is 2. The first-order valence-electron chi connectivity index (χ1n) is 6.91. The SMILES string of the molecule is CC1(C)Nc2ccccc2N(Cc2ccc(Cl)cc2)C1=O. The Morgan fingerprint density at radius 2 is 1.76 bits per heavy atom. The van der Waals surface area contributed by atoms with Crippen LogP contribution in [0, 0.1) is 0 Å². The molecule has 0 fully saturated rings. The number of para-hydroxylation sites is 2. The van der Waals surface area contributed by atoms with Gasteiger partial charge in [0.1, 0.15) is 5.54 Å². The Kier molecular flexibility index (Phi) is 3.38. The van der Waals surface area contributed by atoms with Crippen LogP contribution < -0.4 is 10.2 Å². The lowest BCUT2D eigenvalue weighted by Crippen LogP contribution is -2.53. The lowest BCUT2D eigenvalue weighted by atomic mass is 9.97. The second kappa shape index (κ2) is 5.08. The third-order valence-corrected chi connectivity index (χ3v) is 3.93. The van der Waals surface area contributed by atoms with Crippen molar-refractivity contribution in [1.29, 1.82) is 0 Å². The van der Waals surface area contributed by atoms with Crippen molar-refractivity contribution in [2.75, 3.05) is 10.2 Å². The van der Waals surface area contributed by atoms with Gasteiger partial charge < -0.3 is 10.2 Å². The van der Waals surface area contributed by atoms with Crippen LogP contribution in [-0.2, 0) is 11.3 Å². The molecular weight excluding hydrogens is 284 g/mol. The highest BCUT2D eigenvalue weighted by molar-refractivity contribution is 6.30. The van der Waals surface area contributed by atoms with Crippen molar-refractivity contribution in [2.24, 2.45) is 0 Å². The molecule has 0 saturated heterocycles. The van der Waals surface area contributed by atoms with Gasteiger partial charge in [0.2, 0.25) is 0 Å². The van der Waals surface area contributed by atoms with Gasteiger partial charge in [-0.25, -0.2) is 0 Å². The second-order valence-corrected chi connectivity index (χ2v) is 6.22. The van der Waals surface area contributed by atoms with Gasteiger partial charge in [-0.05, 0) is 43.7 Å². The minimum Gasteiger partial charge on any atom is -0.370 e. The van der Waals surface area contributed by atoms with Crippen LogP contribution in [0.3, 0.4) is 0 Å². The third-order valence-electron chi connectivity index (χ3n) is 3.68. The van der Waals surface area contributed by atoms with Gasteiger partial charge in [0.15, 0.2) is 0 Å². The average Bonchev–Trinajstić information content (AvgIpc) is 2.45. The molecule has 21 heavy (non-hydrogen) atoms. The lowest BCUT2D eigenvalue weighted by molar-refractivity contribution is -0.122. The summed E-state index contributed by atoms with van der Waals surface area (Å²) in [6.07, 6.45) is 0.